The number of nitro groups is 1. The number of amides is 1. The molecule has 0 aliphatic heterocycles. The van der Waals surface area contributed by atoms with Crippen molar-refractivity contribution in [1.29, 1.82) is 0 Å². The monoisotopic (exact) mass is 366 g/mol. The first kappa shape index (κ1) is 18.6. The minimum absolute atomic E-state index is 0.196. The van der Waals surface area contributed by atoms with Gasteiger partial charge < -0.3 is 20.2 Å². The molecule has 0 fully saturated rings. The molecule has 0 aliphatic rings. The van der Waals surface area contributed by atoms with Gasteiger partial charge in [-0.05, 0) is 38.2 Å². The summed E-state index contributed by atoms with van der Waals surface area (Å²) in [5.41, 5.74) is 1.58. The molecule has 0 aromatic carbocycles. The Balaban J connectivity index is 2.20. The normalized spacial score (nSPS) is 10.6. The third-order valence-electron chi connectivity index (χ3n) is 3.57. The van der Waals surface area contributed by atoms with Crippen molar-refractivity contribution in [3.8, 4) is 0 Å². The fraction of sp³-hybridized carbons (Fsp3) is 0.400. The molecule has 2 aromatic rings. The average molecular weight is 366 g/mol. The molecular formula is C15H18N4O5S. The fourth-order valence-electron chi connectivity index (χ4n) is 2.21. The van der Waals surface area contributed by atoms with Crippen molar-refractivity contribution in [3.05, 3.63) is 37.9 Å². The van der Waals surface area contributed by atoms with Gasteiger partial charge in [-0.2, -0.15) is 4.68 Å². The van der Waals surface area contributed by atoms with E-state index in [4.69, 9.17) is 4.74 Å². The molecule has 2 aromatic heterocycles. The van der Waals surface area contributed by atoms with Crippen LogP contribution in [0.1, 0.15) is 33.4 Å². The van der Waals surface area contributed by atoms with E-state index < -0.39 is 16.8 Å². The lowest BCUT2D eigenvalue weighted by molar-refractivity contribution is -0.389. The molecule has 0 bridgehead atoms. The first-order chi connectivity index (χ1) is 11.7. The van der Waals surface area contributed by atoms with Crippen LogP contribution in [0.25, 0.3) is 0 Å². The number of anilines is 1. The Morgan fingerprint density at radius 3 is 2.64 bits per heavy atom. The van der Waals surface area contributed by atoms with Crippen LogP contribution in [-0.2, 0) is 16.1 Å². The quantitative estimate of drug-likeness (QED) is 0.477. The molecule has 10 heteroatoms. The van der Waals surface area contributed by atoms with E-state index in [2.05, 4.69) is 10.4 Å². The highest BCUT2D eigenvalue weighted by atomic mass is 32.1. The van der Waals surface area contributed by atoms with Crippen molar-refractivity contribution in [1.82, 2.24) is 9.78 Å². The van der Waals surface area contributed by atoms with E-state index in [1.54, 1.807) is 20.8 Å². The maximum absolute atomic E-state index is 12.3. The van der Waals surface area contributed by atoms with Crippen molar-refractivity contribution >= 4 is 34.0 Å². The number of carbonyl (C=O) groups is 2. The highest BCUT2D eigenvalue weighted by molar-refractivity contribution is 7.16. The highest BCUT2D eigenvalue weighted by Gasteiger charge is 2.23. The number of aromatic nitrogens is 2. The second-order valence-electron chi connectivity index (χ2n) is 5.31. The molecule has 25 heavy (non-hydrogen) atoms. The molecule has 134 valence electrons. The van der Waals surface area contributed by atoms with Crippen molar-refractivity contribution < 1.29 is 19.2 Å². The first-order valence-electron chi connectivity index (χ1n) is 7.50. The van der Waals surface area contributed by atoms with Crippen LogP contribution in [-0.4, -0.2) is 33.2 Å². The molecule has 0 spiro atoms. The molecule has 2 rings (SSSR count). The minimum Gasteiger partial charge on any atom is -0.462 e. The fourth-order valence-corrected chi connectivity index (χ4v) is 3.27. The van der Waals surface area contributed by atoms with Crippen LogP contribution >= 0.6 is 11.3 Å². The Bertz CT molecular complexity index is 839. The Labute approximate surface area is 147 Å². The van der Waals surface area contributed by atoms with Gasteiger partial charge in [0, 0.05) is 4.88 Å². The lowest BCUT2D eigenvalue weighted by atomic mass is 10.1. The third-order valence-corrected chi connectivity index (χ3v) is 4.69. The second kappa shape index (κ2) is 7.43. The summed E-state index contributed by atoms with van der Waals surface area (Å²) in [6.07, 6.45) is 0. The lowest BCUT2D eigenvalue weighted by Crippen LogP contribution is -2.21. The van der Waals surface area contributed by atoms with E-state index in [1.807, 2.05) is 6.92 Å². The molecule has 0 radical (unpaired) electrons. The van der Waals surface area contributed by atoms with Gasteiger partial charge >= 0.3 is 11.8 Å². The summed E-state index contributed by atoms with van der Waals surface area (Å²) in [7, 11) is 0. The van der Waals surface area contributed by atoms with E-state index in [1.165, 1.54) is 22.1 Å². The van der Waals surface area contributed by atoms with Crippen molar-refractivity contribution in [2.45, 2.75) is 34.2 Å². The molecule has 0 aliphatic carbocycles. The van der Waals surface area contributed by atoms with Gasteiger partial charge in [-0.1, -0.05) is 0 Å². The molecule has 2 heterocycles. The molecule has 0 saturated heterocycles. The zero-order valence-electron chi connectivity index (χ0n) is 14.3. The summed E-state index contributed by atoms with van der Waals surface area (Å²) in [6, 6.07) is 1.29. The third kappa shape index (κ3) is 4.02. The standard InChI is InChI=1S/C15H18N4O5S/c1-5-24-15(21)13-9(3)10(4)25-14(13)16-12(20)7-18-8(2)6-11(17-18)19(22)23/h6H,5,7H2,1-4H3,(H,16,20). The molecule has 0 atom stereocenters. The van der Waals surface area contributed by atoms with Gasteiger partial charge in [-0.15, -0.1) is 11.3 Å². The van der Waals surface area contributed by atoms with Crippen LogP contribution in [0.3, 0.4) is 0 Å². The van der Waals surface area contributed by atoms with Crippen LogP contribution in [0.4, 0.5) is 10.8 Å². The van der Waals surface area contributed by atoms with E-state index in [0.29, 0.717) is 16.3 Å². The van der Waals surface area contributed by atoms with E-state index in [0.717, 1.165) is 10.4 Å². The largest absolute Gasteiger partial charge is 0.462 e. The van der Waals surface area contributed by atoms with E-state index in [-0.39, 0.29) is 19.0 Å². The van der Waals surface area contributed by atoms with Crippen LogP contribution in [0.2, 0.25) is 0 Å². The van der Waals surface area contributed by atoms with Crippen molar-refractivity contribution in [3.63, 3.8) is 0 Å². The summed E-state index contributed by atoms with van der Waals surface area (Å²) in [6.45, 7) is 7.00. The van der Waals surface area contributed by atoms with Crippen LogP contribution in [0.15, 0.2) is 6.07 Å². The second-order valence-corrected chi connectivity index (χ2v) is 6.54. The Kier molecular flexibility index (Phi) is 5.52. The molecule has 0 saturated carbocycles. The van der Waals surface area contributed by atoms with Crippen LogP contribution < -0.4 is 5.32 Å². The predicted octanol–water partition coefficient (Wildman–Crippen LogP) is 2.59. The number of nitrogens with zero attached hydrogens (tertiary/aromatic N) is 3. The maximum atomic E-state index is 12.3. The zero-order valence-corrected chi connectivity index (χ0v) is 15.1. The summed E-state index contributed by atoms with van der Waals surface area (Å²) in [4.78, 5) is 35.4. The van der Waals surface area contributed by atoms with E-state index in [9.17, 15) is 19.7 Å². The summed E-state index contributed by atoms with van der Waals surface area (Å²) in [5.74, 6) is -1.25. The van der Waals surface area contributed by atoms with Crippen LogP contribution in [0, 0.1) is 30.9 Å². The average Bonchev–Trinajstić information content (AvgIpc) is 3.01. The van der Waals surface area contributed by atoms with Gasteiger partial charge in [0.1, 0.15) is 11.5 Å². The Morgan fingerprint density at radius 2 is 2.08 bits per heavy atom. The van der Waals surface area contributed by atoms with Gasteiger partial charge in [0.25, 0.3) is 0 Å². The van der Waals surface area contributed by atoms with Gasteiger partial charge in [0.15, 0.2) is 0 Å². The van der Waals surface area contributed by atoms with E-state index >= 15 is 0 Å². The molecular weight excluding hydrogens is 348 g/mol. The van der Waals surface area contributed by atoms with Gasteiger partial charge in [0.2, 0.25) is 5.91 Å². The first-order valence-corrected chi connectivity index (χ1v) is 8.32. The number of ether oxygens (including phenoxy) is 1. The molecule has 1 N–H and O–H groups in total. The highest BCUT2D eigenvalue weighted by Crippen LogP contribution is 2.33. The smallest absolute Gasteiger partial charge is 0.390 e. The number of hydrogen-bond acceptors (Lipinski definition) is 7. The number of nitrogens with one attached hydrogen (secondary N) is 1. The summed E-state index contributed by atoms with van der Waals surface area (Å²) in [5, 5.41) is 17.6. The molecule has 9 nitrogen and oxygen atoms in total. The SMILES string of the molecule is CCOC(=O)c1c(NC(=O)Cn2nc([N+](=O)[O-])cc2C)sc(C)c1C. The Hall–Kier alpha value is -2.75. The summed E-state index contributed by atoms with van der Waals surface area (Å²) < 4.78 is 6.28. The minimum atomic E-state index is -0.619. The van der Waals surface area contributed by atoms with Gasteiger partial charge in [-0.25, -0.2) is 4.79 Å². The number of hydrogen-bond donors (Lipinski definition) is 1. The topological polar surface area (TPSA) is 116 Å². The molecule has 0 unspecified atom stereocenters. The Morgan fingerprint density at radius 1 is 1.40 bits per heavy atom. The summed E-state index contributed by atoms with van der Waals surface area (Å²) >= 11 is 1.28. The van der Waals surface area contributed by atoms with Crippen molar-refractivity contribution in [2.75, 3.05) is 11.9 Å². The number of esters is 1. The lowest BCUT2D eigenvalue weighted by Gasteiger charge is -2.07. The van der Waals surface area contributed by atoms with Crippen LogP contribution in [0.5, 0.6) is 0 Å². The predicted molar refractivity (Wildman–Crippen MR) is 92.0 cm³/mol. The number of thiophene rings is 1. The maximum Gasteiger partial charge on any atom is 0.390 e. The van der Waals surface area contributed by atoms with Crippen molar-refractivity contribution in [2.24, 2.45) is 0 Å². The molecule has 1 amide bonds. The van der Waals surface area contributed by atoms with Gasteiger partial charge in [-0.3, -0.25) is 4.79 Å². The zero-order chi connectivity index (χ0) is 18.7. The number of aryl methyl sites for hydroxylation is 2. The number of rotatable bonds is 6. The number of carbonyl (C=O) groups excluding carboxylic acids is 2. The van der Waals surface area contributed by atoms with Gasteiger partial charge in [0.05, 0.1) is 29.0 Å².